The quantitative estimate of drug-likeness (QED) is 0.278. The lowest BCUT2D eigenvalue weighted by molar-refractivity contribution is -0.0637. The van der Waals surface area contributed by atoms with E-state index in [-0.39, 0.29) is 36.5 Å². The summed E-state index contributed by atoms with van der Waals surface area (Å²) in [7, 11) is -4.59. The van der Waals surface area contributed by atoms with Crippen molar-refractivity contribution < 1.29 is 32.7 Å². The normalized spacial score (nSPS) is 28.3. The van der Waals surface area contributed by atoms with Gasteiger partial charge in [0.15, 0.2) is 11.2 Å². The topological polar surface area (TPSA) is 221 Å². The molecule has 0 saturated carbocycles. The highest BCUT2D eigenvalue weighted by molar-refractivity contribution is 7.47. The van der Waals surface area contributed by atoms with Crippen molar-refractivity contribution >= 4 is 24.9 Å². The monoisotopic (exact) mass is 582 g/mol. The van der Waals surface area contributed by atoms with Gasteiger partial charge in [0, 0.05) is 19.4 Å². The number of nitrogens with zero attached hydrogens (tertiary/aromatic N) is 6. The van der Waals surface area contributed by atoms with Crippen molar-refractivity contribution in [3.8, 4) is 0 Å². The van der Waals surface area contributed by atoms with E-state index in [1.807, 2.05) is 6.92 Å². The van der Waals surface area contributed by atoms with E-state index in [0.29, 0.717) is 24.5 Å². The summed E-state index contributed by atoms with van der Waals surface area (Å²) in [5, 5.41) is 0. The molecule has 2 aliphatic rings. The summed E-state index contributed by atoms with van der Waals surface area (Å²) in [5.41, 5.74) is 4.94. The summed E-state index contributed by atoms with van der Waals surface area (Å²) in [4.78, 5) is 53.5. The van der Waals surface area contributed by atoms with E-state index in [4.69, 9.17) is 29.0 Å². The number of hydrogen-bond donors (Lipinski definition) is 3. The first-order valence-corrected chi connectivity index (χ1v) is 14.3. The van der Waals surface area contributed by atoms with Crippen molar-refractivity contribution in [1.82, 2.24) is 34.1 Å². The van der Waals surface area contributed by atoms with E-state index in [1.165, 1.54) is 17.2 Å². The van der Waals surface area contributed by atoms with E-state index < -0.39 is 50.4 Å². The number of nitrogens with two attached hydrogens (primary N) is 1. The second-order valence-corrected chi connectivity index (χ2v) is 10.8. The van der Waals surface area contributed by atoms with E-state index in [9.17, 15) is 19.0 Å². The summed E-state index contributed by atoms with van der Waals surface area (Å²) in [6.45, 7) is 5.31. The molecule has 0 bridgehead atoms. The Morgan fingerprint density at radius 3 is 2.52 bits per heavy atom. The highest BCUT2D eigenvalue weighted by atomic mass is 31.2. The summed E-state index contributed by atoms with van der Waals surface area (Å²) in [6.07, 6.45) is -0.443. The second kappa shape index (κ2) is 11.4. The molecule has 0 spiro atoms. The molecule has 7 atom stereocenters. The lowest BCUT2D eigenvalue weighted by Crippen LogP contribution is -2.30. The average Bonchev–Trinajstić information content (AvgIpc) is 3.59. The van der Waals surface area contributed by atoms with Crippen molar-refractivity contribution in [3.63, 3.8) is 0 Å². The Morgan fingerprint density at radius 2 is 1.80 bits per heavy atom. The van der Waals surface area contributed by atoms with Crippen LogP contribution in [0.1, 0.15) is 51.4 Å². The molecule has 18 heteroatoms. The summed E-state index contributed by atoms with van der Waals surface area (Å²) in [5.74, 6) is 0.254. The highest BCUT2D eigenvalue weighted by Crippen LogP contribution is 2.49. The highest BCUT2D eigenvalue weighted by Gasteiger charge is 2.43. The number of aryl methyl sites for hydroxylation is 1. The smallest absolute Gasteiger partial charge is 0.376 e. The molecule has 0 amide bonds. The maximum Gasteiger partial charge on any atom is 0.472 e. The third-order valence-corrected chi connectivity index (χ3v) is 7.74. The fourth-order valence-corrected chi connectivity index (χ4v) is 5.88. The Kier molecular flexibility index (Phi) is 8.15. The average molecular weight is 583 g/mol. The van der Waals surface area contributed by atoms with E-state index >= 15 is 0 Å². The fraction of sp³-hybridized carbons (Fsp3) is 0.636. The number of aromatic nitrogens is 7. The Labute approximate surface area is 227 Å². The Hall–Kier alpha value is -3.05. The van der Waals surface area contributed by atoms with Crippen LogP contribution in [0.2, 0.25) is 0 Å². The third kappa shape index (κ3) is 5.85. The zero-order valence-electron chi connectivity index (χ0n) is 22.1. The molecule has 0 radical (unpaired) electrons. The lowest BCUT2D eigenvalue weighted by Gasteiger charge is -2.23. The van der Waals surface area contributed by atoms with Crippen molar-refractivity contribution in [1.29, 1.82) is 0 Å². The summed E-state index contributed by atoms with van der Waals surface area (Å²) < 4.78 is 44.3. The first-order valence-electron chi connectivity index (χ1n) is 12.8. The Morgan fingerprint density at radius 1 is 1.10 bits per heavy atom. The number of hydrogen-bond acceptors (Lipinski definition) is 13. The molecule has 4 N–H and O–H groups in total. The number of H-pyrrole nitrogens is 1. The molecule has 2 saturated heterocycles. The van der Waals surface area contributed by atoms with Crippen LogP contribution in [0.4, 0.5) is 5.95 Å². The molecule has 5 rings (SSSR count). The van der Waals surface area contributed by atoms with Crippen LogP contribution in [-0.2, 0) is 27.8 Å². The molecular formula is C22H31N8O9P. The van der Waals surface area contributed by atoms with E-state index in [2.05, 4.69) is 24.9 Å². The van der Waals surface area contributed by atoms with Crippen LogP contribution in [-0.4, -0.2) is 76.6 Å². The van der Waals surface area contributed by atoms with Gasteiger partial charge in [0.05, 0.1) is 31.2 Å². The van der Waals surface area contributed by atoms with Gasteiger partial charge < -0.3 is 29.8 Å². The fourth-order valence-electron chi connectivity index (χ4n) is 4.92. The number of nitrogens with one attached hydrogen (secondary N) is 1. The zero-order chi connectivity index (χ0) is 28.6. The van der Waals surface area contributed by atoms with Crippen LogP contribution < -0.4 is 17.0 Å². The lowest BCUT2D eigenvalue weighted by atomic mass is 10.1. The van der Waals surface area contributed by atoms with Gasteiger partial charge in [0.25, 0.3) is 5.56 Å². The van der Waals surface area contributed by atoms with Gasteiger partial charge in [0.2, 0.25) is 5.95 Å². The standard InChI is InChI=1S/C22H31N8O9P/c1-4-12-14(7-16(37-12)29-9-24-18-19(29)26-11(3)27-20(18)31)39-40(33,34)36-8-15-13(35-5-2)6-17(38-15)30-10-25-21(23)28-22(30)32/h9-10,12-17H,4-8H2,1-3H3,(H,33,34)(H2,23,28,32)(H,26,27,31)/t12-,13?,14?,15-,16-,17-/m1/s1. The first-order chi connectivity index (χ1) is 19.1. The molecule has 3 unspecified atom stereocenters. The molecule has 3 aromatic rings. The van der Waals surface area contributed by atoms with Crippen molar-refractivity contribution in [3.05, 3.63) is 39.3 Å². The molecule has 3 aromatic heterocycles. The molecule has 0 aromatic carbocycles. The molecule has 218 valence electrons. The van der Waals surface area contributed by atoms with E-state index in [0.717, 1.165) is 0 Å². The van der Waals surface area contributed by atoms with Gasteiger partial charge in [-0.2, -0.15) is 4.98 Å². The van der Waals surface area contributed by atoms with Gasteiger partial charge in [-0.25, -0.2) is 24.3 Å². The van der Waals surface area contributed by atoms with Gasteiger partial charge in [-0.15, -0.1) is 0 Å². The number of aromatic amines is 1. The van der Waals surface area contributed by atoms with E-state index in [1.54, 1.807) is 18.4 Å². The predicted molar refractivity (Wildman–Crippen MR) is 137 cm³/mol. The number of phosphoric ester groups is 1. The first kappa shape index (κ1) is 28.5. The molecule has 40 heavy (non-hydrogen) atoms. The van der Waals surface area contributed by atoms with Gasteiger partial charge in [0.1, 0.15) is 30.7 Å². The maximum atomic E-state index is 13.0. The van der Waals surface area contributed by atoms with Crippen LogP contribution in [0.5, 0.6) is 0 Å². The second-order valence-electron chi connectivity index (χ2n) is 9.42. The van der Waals surface area contributed by atoms with Gasteiger partial charge in [-0.3, -0.25) is 23.0 Å². The largest absolute Gasteiger partial charge is 0.472 e. The molecule has 17 nitrogen and oxygen atoms in total. The minimum Gasteiger partial charge on any atom is -0.376 e. The van der Waals surface area contributed by atoms with Crippen molar-refractivity contribution in [2.75, 3.05) is 18.9 Å². The number of nitrogen functional groups attached to an aromatic ring is 1. The summed E-state index contributed by atoms with van der Waals surface area (Å²) in [6, 6.07) is 0. The Bertz CT molecular complexity index is 1530. The van der Waals surface area contributed by atoms with Crippen LogP contribution >= 0.6 is 7.82 Å². The van der Waals surface area contributed by atoms with Gasteiger partial charge >= 0.3 is 13.5 Å². The van der Waals surface area contributed by atoms with Gasteiger partial charge in [-0.1, -0.05) is 6.92 Å². The molecule has 0 aliphatic carbocycles. The number of rotatable bonds is 10. The zero-order valence-corrected chi connectivity index (χ0v) is 23.0. The van der Waals surface area contributed by atoms with Crippen LogP contribution in [0.15, 0.2) is 22.2 Å². The predicted octanol–water partition coefficient (Wildman–Crippen LogP) is 0.554. The van der Waals surface area contributed by atoms with Crippen LogP contribution in [0, 0.1) is 6.92 Å². The number of phosphoric acid groups is 1. The molecule has 2 fully saturated rings. The van der Waals surface area contributed by atoms with Gasteiger partial charge in [-0.05, 0) is 20.3 Å². The maximum absolute atomic E-state index is 13.0. The molecule has 5 heterocycles. The number of ether oxygens (including phenoxy) is 3. The summed E-state index contributed by atoms with van der Waals surface area (Å²) >= 11 is 0. The number of fused-ring (bicyclic) bond motifs is 1. The third-order valence-electron chi connectivity index (χ3n) is 6.73. The van der Waals surface area contributed by atoms with Crippen LogP contribution in [0.3, 0.4) is 0 Å². The van der Waals surface area contributed by atoms with Crippen molar-refractivity contribution in [2.45, 2.75) is 76.9 Å². The number of anilines is 1. The molecular weight excluding hydrogens is 551 g/mol. The molecule has 2 aliphatic heterocycles. The SMILES string of the molecule is CCOC1C[C@H](n2cnc(N)nc2=O)O[C@@H]1COP(=O)(O)OC1C[C@H](n2cnc3c(=O)[nH]c(C)nc32)O[C@@H]1CC. The Balaban J connectivity index is 1.25. The van der Waals surface area contributed by atoms with Crippen molar-refractivity contribution in [2.24, 2.45) is 0 Å². The number of imidazole rings is 1. The minimum atomic E-state index is -4.59. The minimum absolute atomic E-state index is 0.161. The van der Waals surface area contributed by atoms with Crippen LogP contribution in [0.25, 0.3) is 11.2 Å².